The molecule has 1 heterocycles. The Morgan fingerprint density at radius 2 is 2.04 bits per heavy atom. The molecule has 2 rings (SSSR count). The Labute approximate surface area is 141 Å². The lowest BCUT2D eigenvalue weighted by atomic mass is 10.0. The molecular formula is C18H24F2N2O2. The molecule has 0 aromatic heterocycles. The molecule has 2 amide bonds. The number of hydrogen-bond donors (Lipinski definition) is 1. The molecule has 0 saturated carbocycles. The molecule has 0 unspecified atom stereocenters. The van der Waals surface area contributed by atoms with Crippen LogP contribution >= 0.6 is 0 Å². The Kier molecular flexibility index (Phi) is 5.91. The van der Waals surface area contributed by atoms with Crippen LogP contribution in [0.5, 0.6) is 0 Å². The number of carbonyl (C=O) groups excluding carboxylic acids is 2. The van der Waals surface area contributed by atoms with Crippen molar-refractivity contribution in [3.8, 4) is 0 Å². The monoisotopic (exact) mass is 338 g/mol. The van der Waals surface area contributed by atoms with Gasteiger partial charge in [0.2, 0.25) is 11.8 Å². The van der Waals surface area contributed by atoms with E-state index >= 15 is 0 Å². The van der Waals surface area contributed by atoms with Gasteiger partial charge in [-0.2, -0.15) is 0 Å². The Balaban J connectivity index is 1.97. The van der Waals surface area contributed by atoms with Crippen LogP contribution in [0.15, 0.2) is 18.2 Å². The third-order valence-corrected chi connectivity index (χ3v) is 4.57. The van der Waals surface area contributed by atoms with E-state index in [0.29, 0.717) is 12.1 Å². The maximum absolute atomic E-state index is 13.3. The van der Waals surface area contributed by atoms with Gasteiger partial charge in [0.1, 0.15) is 0 Å². The van der Waals surface area contributed by atoms with Gasteiger partial charge in [-0.05, 0) is 38.0 Å². The average molecular weight is 338 g/mol. The van der Waals surface area contributed by atoms with E-state index in [1.165, 1.54) is 6.07 Å². The van der Waals surface area contributed by atoms with Gasteiger partial charge in [0.15, 0.2) is 11.6 Å². The predicted octanol–water partition coefficient (Wildman–Crippen LogP) is 3.18. The molecular weight excluding hydrogens is 314 g/mol. The zero-order valence-corrected chi connectivity index (χ0v) is 14.3. The first-order chi connectivity index (χ1) is 11.3. The van der Waals surface area contributed by atoms with E-state index in [1.807, 2.05) is 6.92 Å². The van der Waals surface area contributed by atoms with E-state index in [2.05, 4.69) is 12.2 Å². The number of amides is 2. The molecule has 1 saturated heterocycles. The average Bonchev–Trinajstić information content (AvgIpc) is 2.92. The van der Waals surface area contributed by atoms with Crippen LogP contribution in [0.3, 0.4) is 0 Å². The summed E-state index contributed by atoms with van der Waals surface area (Å²) < 4.78 is 26.3. The highest BCUT2D eigenvalue weighted by molar-refractivity contribution is 5.89. The van der Waals surface area contributed by atoms with Gasteiger partial charge in [-0.1, -0.05) is 19.4 Å². The zero-order chi connectivity index (χ0) is 17.9. The van der Waals surface area contributed by atoms with Crippen LogP contribution in [0, 0.1) is 17.6 Å². The van der Waals surface area contributed by atoms with Crippen LogP contribution in [0.2, 0.25) is 0 Å². The number of halogens is 2. The van der Waals surface area contributed by atoms with Crippen LogP contribution in [0.4, 0.5) is 8.78 Å². The van der Waals surface area contributed by atoms with Crippen molar-refractivity contribution < 1.29 is 18.4 Å². The van der Waals surface area contributed by atoms with E-state index < -0.39 is 23.6 Å². The van der Waals surface area contributed by atoms with Gasteiger partial charge in [-0.15, -0.1) is 0 Å². The Bertz CT molecular complexity index is 621. The number of nitrogens with zero attached hydrogens (tertiary/aromatic N) is 1. The van der Waals surface area contributed by atoms with Crippen LogP contribution in [0.1, 0.15) is 51.6 Å². The Morgan fingerprint density at radius 3 is 2.67 bits per heavy atom. The lowest BCUT2D eigenvalue weighted by molar-refractivity contribution is -0.130. The maximum Gasteiger partial charge on any atom is 0.225 e. The minimum atomic E-state index is -0.941. The topological polar surface area (TPSA) is 49.4 Å². The number of benzene rings is 1. The van der Waals surface area contributed by atoms with Crippen LogP contribution in [0.25, 0.3) is 0 Å². The molecule has 0 spiro atoms. The summed E-state index contributed by atoms with van der Waals surface area (Å²) in [5, 5.41) is 2.79. The molecule has 1 aromatic rings. The fourth-order valence-corrected chi connectivity index (χ4v) is 3.10. The number of hydrogen-bond acceptors (Lipinski definition) is 2. The van der Waals surface area contributed by atoms with Gasteiger partial charge >= 0.3 is 0 Å². The Morgan fingerprint density at radius 1 is 1.33 bits per heavy atom. The number of nitrogens with one attached hydrogen (secondary N) is 1. The molecule has 4 nitrogen and oxygen atoms in total. The second-order valence-corrected chi connectivity index (χ2v) is 6.49. The summed E-state index contributed by atoms with van der Waals surface area (Å²) in [6.45, 7) is 6.17. The normalized spacial score (nSPS) is 20.1. The molecule has 1 aliphatic heterocycles. The fourth-order valence-electron chi connectivity index (χ4n) is 3.10. The van der Waals surface area contributed by atoms with Crippen molar-refractivity contribution in [2.24, 2.45) is 5.92 Å². The molecule has 0 aliphatic carbocycles. The van der Waals surface area contributed by atoms with Crippen molar-refractivity contribution >= 4 is 11.8 Å². The largest absolute Gasteiger partial charge is 0.349 e. The molecule has 1 aromatic carbocycles. The van der Waals surface area contributed by atoms with Gasteiger partial charge in [-0.3, -0.25) is 9.59 Å². The highest BCUT2D eigenvalue weighted by atomic mass is 19.2. The summed E-state index contributed by atoms with van der Waals surface area (Å²) in [4.78, 5) is 26.3. The molecule has 3 atom stereocenters. The number of carbonyl (C=O) groups is 2. The molecule has 1 fully saturated rings. The maximum atomic E-state index is 13.3. The standard InChI is InChI=1S/C18H24F2N2O2/c1-4-5-11(2)22-10-14(9-17(22)23)18(24)21-12(3)13-6-7-15(19)16(20)8-13/h6-8,11-12,14H,4-5,9-10H2,1-3H3,(H,21,24)/t11-,12+,14-/m0/s1. The van der Waals surface area contributed by atoms with Gasteiger partial charge in [-0.25, -0.2) is 8.78 Å². The third-order valence-electron chi connectivity index (χ3n) is 4.57. The summed E-state index contributed by atoms with van der Waals surface area (Å²) in [6.07, 6.45) is 2.09. The predicted molar refractivity (Wildman–Crippen MR) is 87.1 cm³/mol. The van der Waals surface area contributed by atoms with Crippen molar-refractivity contribution in [1.82, 2.24) is 10.2 Å². The van der Waals surface area contributed by atoms with Gasteiger partial charge in [0.05, 0.1) is 12.0 Å². The lowest BCUT2D eigenvalue weighted by Gasteiger charge is -2.24. The summed E-state index contributed by atoms with van der Waals surface area (Å²) in [6, 6.07) is 3.24. The molecule has 0 bridgehead atoms. The zero-order valence-electron chi connectivity index (χ0n) is 14.3. The quantitative estimate of drug-likeness (QED) is 0.866. The van der Waals surface area contributed by atoms with Gasteiger partial charge in [0.25, 0.3) is 0 Å². The first kappa shape index (κ1) is 18.4. The van der Waals surface area contributed by atoms with E-state index in [9.17, 15) is 18.4 Å². The second kappa shape index (κ2) is 7.73. The molecule has 1 N–H and O–H groups in total. The second-order valence-electron chi connectivity index (χ2n) is 6.49. The summed E-state index contributed by atoms with van der Waals surface area (Å²) in [5.74, 6) is -2.49. The summed E-state index contributed by atoms with van der Waals surface area (Å²) >= 11 is 0. The summed E-state index contributed by atoms with van der Waals surface area (Å²) in [7, 11) is 0. The SMILES string of the molecule is CCC[C@H](C)N1C[C@@H](C(=O)N[C@H](C)c2ccc(F)c(F)c2)CC1=O. The minimum absolute atomic E-state index is 0.00317. The van der Waals surface area contributed by atoms with Crippen molar-refractivity contribution in [3.63, 3.8) is 0 Å². The van der Waals surface area contributed by atoms with Crippen LogP contribution in [-0.4, -0.2) is 29.3 Å². The van der Waals surface area contributed by atoms with Gasteiger partial charge in [0, 0.05) is 19.0 Å². The van der Waals surface area contributed by atoms with Gasteiger partial charge < -0.3 is 10.2 Å². The molecule has 1 aliphatic rings. The van der Waals surface area contributed by atoms with E-state index in [1.54, 1.807) is 11.8 Å². The van der Waals surface area contributed by atoms with Crippen molar-refractivity contribution in [3.05, 3.63) is 35.4 Å². The highest BCUT2D eigenvalue weighted by Crippen LogP contribution is 2.23. The first-order valence-corrected chi connectivity index (χ1v) is 8.38. The van der Waals surface area contributed by atoms with E-state index in [4.69, 9.17) is 0 Å². The van der Waals surface area contributed by atoms with Crippen LogP contribution in [-0.2, 0) is 9.59 Å². The van der Waals surface area contributed by atoms with Crippen molar-refractivity contribution in [2.45, 2.75) is 52.1 Å². The van der Waals surface area contributed by atoms with Crippen LogP contribution < -0.4 is 5.32 Å². The number of rotatable bonds is 6. The van der Waals surface area contributed by atoms with Crippen molar-refractivity contribution in [1.29, 1.82) is 0 Å². The third kappa shape index (κ3) is 4.10. The number of likely N-dealkylation sites (tertiary alicyclic amines) is 1. The Hall–Kier alpha value is -1.98. The van der Waals surface area contributed by atoms with E-state index in [0.717, 1.165) is 25.0 Å². The van der Waals surface area contributed by atoms with E-state index in [-0.39, 0.29) is 24.3 Å². The molecule has 6 heteroatoms. The van der Waals surface area contributed by atoms with Crippen molar-refractivity contribution in [2.75, 3.05) is 6.54 Å². The smallest absolute Gasteiger partial charge is 0.225 e. The fraction of sp³-hybridized carbons (Fsp3) is 0.556. The molecule has 132 valence electrons. The molecule has 24 heavy (non-hydrogen) atoms. The highest BCUT2D eigenvalue weighted by Gasteiger charge is 2.36. The first-order valence-electron chi connectivity index (χ1n) is 8.38. The lowest BCUT2D eigenvalue weighted by Crippen LogP contribution is -2.37. The molecule has 0 radical (unpaired) electrons. The minimum Gasteiger partial charge on any atom is -0.349 e. The summed E-state index contributed by atoms with van der Waals surface area (Å²) in [5.41, 5.74) is 0.489.